The number of hydrogen-bond donors (Lipinski definition) is 1. The van der Waals surface area contributed by atoms with Gasteiger partial charge in [-0.25, -0.2) is 4.98 Å². The molecule has 0 radical (unpaired) electrons. The number of imidazole rings is 1. The number of rotatable bonds is 7. The van der Waals surface area contributed by atoms with Crippen LogP contribution in [0.1, 0.15) is 49.7 Å². The summed E-state index contributed by atoms with van der Waals surface area (Å²) in [6, 6.07) is 12.8. The summed E-state index contributed by atoms with van der Waals surface area (Å²) in [7, 11) is 1.87. The van der Waals surface area contributed by atoms with Crippen LogP contribution in [0, 0.1) is 17.3 Å². The smallest absolute Gasteiger partial charge is 0.165 e. The molecule has 2 aliphatic heterocycles. The summed E-state index contributed by atoms with van der Waals surface area (Å²) in [6.45, 7) is 2.94. The molecule has 7 aliphatic rings. The maximum Gasteiger partial charge on any atom is 0.165 e. The second kappa shape index (κ2) is 8.04. The largest absolute Gasteiger partial charge is 0.504 e. The molecule has 6 unspecified atom stereocenters. The quantitative estimate of drug-likeness (QED) is 0.462. The summed E-state index contributed by atoms with van der Waals surface area (Å²) >= 11 is 0. The van der Waals surface area contributed by atoms with E-state index in [1.54, 1.807) is 6.20 Å². The Bertz CT molecular complexity index is 1470. The molecular formula is C33H37N3O4. The SMILES string of the molecule is COC12CCC3(CC1COc1ccc(-n4ccnc4)cc1)C1Cc4ccc(O)c5c4C3(CCN1CC1CC1)C2O5. The van der Waals surface area contributed by atoms with Crippen molar-refractivity contribution in [3.63, 3.8) is 0 Å². The molecule has 4 bridgehead atoms. The zero-order valence-corrected chi connectivity index (χ0v) is 23.1. The Morgan fingerprint density at radius 1 is 1.10 bits per heavy atom. The molecule has 5 fully saturated rings. The molecule has 1 saturated heterocycles. The van der Waals surface area contributed by atoms with Crippen LogP contribution in [0.25, 0.3) is 5.69 Å². The lowest BCUT2D eigenvalue weighted by molar-refractivity contribution is -0.280. The van der Waals surface area contributed by atoms with Crippen molar-refractivity contribution >= 4 is 0 Å². The Hall–Kier alpha value is -3.03. The number of piperidine rings is 1. The molecule has 7 heteroatoms. The van der Waals surface area contributed by atoms with Crippen molar-refractivity contribution in [1.29, 1.82) is 0 Å². The summed E-state index contributed by atoms with van der Waals surface area (Å²) in [5, 5.41) is 11.0. The molecule has 2 aromatic carbocycles. The molecule has 1 aromatic heterocycles. The number of methoxy groups -OCH3 is 1. The van der Waals surface area contributed by atoms with Crippen molar-refractivity contribution in [3.8, 4) is 22.9 Å². The molecule has 3 aromatic rings. The third kappa shape index (κ3) is 2.85. The van der Waals surface area contributed by atoms with E-state index in [1.165, 1.54) is 30.5 Å². The maximum absolute atomic E-state index is 11.0. The van der Waals surface area contributed by atoms with E-state index in [0.29, 0.717) is 12.6 Å². The lowest BCUT2D eigenvalue weighted by atomic mass is 9.35. The van der Waals surface area contributed by atoms with Crippen molar-refractivity contribution in [2.24, 2.45) is 17.3 Å². The Morgan fingerprint density at radius 3 is 2.75 bits per heavy atom. The third-order valence-electron chi connectivity index (χ3n) is 11.9. The zero-order valence-electron chi connectivity index (χ0n) is 23.1. The molecule has 5 aliphatic carbocycles. The fraction of sp³-hybridized carbons (Fsp3) is 0.545. The molecule has 0 amide bonds. The number of benzene rings is 2. The molecule has 2 spiro atoms. The van der Waals surface area contributed by atoms with Crippen LogP contribution in [0.4, 0.5) is 0 Å². The van der Waals surface area contributed by atoms with Crippen molar-refractivity contribution in [2.75, 3.05) is 26.8 Å². The van der Waals surface area contributed by atoms with E-state index >= 15 is 0 Å². The van der Waals surface area contributed by atoms with Crippen LogP contribution in [0.2, 0.25) is 0 Å². The van der Waals surface area contributed by atoms with Gasteiger partial charge in [0.05, 0.1) is 12.9 Å². The number of aromatic hydroxyl groups is 1. The number of aromatic nitrogens is 2. The average Bonchev–Trinajstić information content (AvgIpc) is 3.47. The standard InChI is InChI=1S/C33H37N3O4/c1-38-33-11-10-31(17-23(33)19-39-25-7-5-24(6-8-25)36-15-13-34-20-36)27-16-22-4-9-26(37)29-28(22)32(31,30(33)40-29)12-14-35(27)18-21-2-3-21/h4-9,13,15,20-21,23,27,30,37H,2-3,10-12,14,16-19H2,1H3. The van der Waals surface area contributed by atoms with Gasteiger partial charge in [0.1, 0.15) is 17.5 Å². The summed E-state index contributed by atoms with van der Waals surface area (Å²) in [5.41, 5.74) is 3.33. The summed E-state index contributed by atoms with van der Waals surface area (Å²) in [5.74, 6) is 2.97. The van der Waals surface area contributed by atoms with Gasteiger partial charge in [0.15, 0.2) is 11.5 Å². The third-order valence-corrected chi connectivity index (χ3v) is 11.9. The van der Waals surface area contributed by atoms with Crippen LogP contribution in [-0.2, 0) is 16.6 Å². The minimum absolute atomic E-state index is 0.0994. The topological polar surface area (TPSA) is 69.0 Å². The van der Waals surface area contributed by atoms with E-state index in [9.17, 15) is 5.11 Å². The van der Waals surface area contributed by atoms with Gasteiger partial charge in [0, 0.05) is 60.1 Å². The van der Waals surface area contributed by atoms with Crippen LogP contribution in [0.5, 0.6) is 17.2 Å². The molecule has 208 valence electrons. The highest BCUT2D eigenvalue weighted by atomic mass is 16.6. The van der Waals surface area contributed by atoms with E-state index in [4.69, 9.17) is 14.2 Å². The van der Waals surface area contributed by atoms with Gasteiger partial charge in [-0.2, -0.15) is 0 Å². The Kier molecular flexibility index (Phi) is 4.75. The number of ether oxygens (including phenoxy) is 3. The van der Waals surface area contributed by atoms with Crippen LogP contribution < -0.4 is 9.47 Å². The summed E-state index contributed by atoms with van der Waals surface area (Å²) in [4.78, 5) is 7.01. The van der Waals surface area contributed by atoms with Gasteiger partial charge in [-0.1, -0.05) is 6.07 Å². The van der Waals surface area contributed by atoms with Gasteiger partial charge in [-0.15, -0.1) is 0 Å². The van der Waals surface area contributed by atoms with Gasteiger partial charge in [-0.05, 0) is 93.3 Å². The van der Waals surface area contributed by atoms with E-state index in [0.717, 1.165) is 61.8 Å². The first kappa shape index (κ1) is 23.7. The van der Waals surface area contributed by atoms with Gasteiger partial charge in [0.25, 0.3) is 0 Å². The fourth-order valence-corrected chi connectivity index (χ4v) is 10.1. The second-order valence-electron chi connectivity index (χ2n) is 13.3. The van der Waals surface area contributed by atoms with Crippen molar-refractivity contribution < 1.29 is 19.3 Å². The summed E-state index contributed by atoms with van der Waals surface area (Å²) in [6.07, 6.45) is 13.5. The number of nitrogens with zero attached hydrogens (tertiary/aromatic N) is 3. The first-order chi connectivity index (χ1) is 19.6. The van der Waals surface area contributed by atoms with Crippen LogP contribution in [0.3, 0.4) is 0 Å². The normalized spacial score (nSPS) is 36.8. The summed E-state index contributed by atoms with van der Waals surface area (Å²) < 4.78 is 22.1. The number of fused-ring (bicyclic) bond motifs is 2. The van der Waals surface area contributed by atoms with Gasteiger partial charge >= 0.3 is 0 Å². The number of hydrogen-bond acceptors (Lipinski definition) is 6. The van der Waals surface area contributed by atoms with Gasteiger partial charge in [0.2, 0.25) is 0 Å². The lowest BCUT2D eigenvalue weighted by Crippen LogP contribution is -2.81. The highest BCUT2D eigenvalue weighted by Crippen LogP contribution is 2.76. The van der Waals surface area contributed by atoms with Crippen LogP contribution in [-0.4, -0.2) is 64.1 Å². The lowest BCUT2D eigenvalue weighted by Gasteiger charge is -2.73. The molecule has 40 heavy (non-hydrogen) atoms. The minimum atomic E-state index is -0.443. The molecule has 10 rings (SSSR count). The molecule has 1 N–H and O–H groups in total. The van der Waals surface area contributed by atoms with Gasteiger partial charge < -0.3 is 23.9 Å². The average molecular weight is 540 g/mol. The molecule has 4 saturated carbocycles. The fourth-order valence-electron chi connectivity index (χ4n) is 10.1. The zero-order chi connectivity index (χ0) is 26.7. The highest BCUT2D eigenvalue weighted by molar-refractivity contribution is 5.63. The molecule has 6 atom stereocenters. The first-order valence-corrected chi connectivity index (χ1v) is 15.1. The monoisotopic (exact) mass is 539 g/mol. The minimum Gasteiger partial charge on any atom is -0.504 e. The maximum atomic E-state index is 11.0. The molecule has 3 heterocycles. The van der Waals surface area contributed by atoms with E-state index in [-0.39, 0.29) is 28.6 Å². The number of phenolic OH excluding ortho intramolecular Hbond substituents is 1. The van der Waals surface area contributed by atoms with Crippen molar-refractivity contribution in [2.45, 2.75) is 68.1 Å². The van der Waals surface area contributed by atoms with Crippen LogP contribution in [0.15, 0.2) is 55.1 Å². The van der Waals surface area contributed by atoms with Gasteiger partial charge in [-0.3, -0.25) is 4.90 Å². The van der Waals surface area contributed by atoms with Crippen molar-refractivity contribution in [1.82, 2.24) is 14.5 Å². The van der Waals surface area contributed by atoms with E-state index < -0.39 is 5.60 Å². The predicted molar refractivity (Wildman–Crippen MR) is 149 cm³/mol. The Labute approximate surface area is 235 Å². The van der Waals surface area contributed by atoms with E-state index in [1.807, 2.05) is 30.3 Å². The van der Waals surface area contributed by atoms with Crippen LogP contribution >= 0.6 is 0 Å². The molecular weight excluding hydrogens is 502 g/mol. The highest BCUT2D eigenvalue weighted by Gasteiger charge is 2.80. The second-order valence-corrected chi connectivity index (χ2v) is 13.3. The van der Waals surface area contributed by atoms with E-state index in [2.05, 4.69) is 40.2 Å². The Morgan fingerprint density at radius 2 is 1.98 bits per heavy atom. The number of phenols is 1. The molecule has 7 nitrogen and oxygen atoms in total. The number of likely N-dealkylation sites (tertiary alicyclic amines) is 1. The van der Waals surface area contributed by atoms with Crippen molar-refractivity contribution in [3.05, 3.63) is 66.2 Å². The first-order valence-electron chi connectivity index (χ1n) is 15.1. The Balaban J connectivity index is 1.10. The predicted octanol–water partition coefficient (Wildman–Crippen LogP) is 4.88.